The average molecular weight is 207 g/mol. The number of hydrogen-bond acceptors (Lipinski definition) is 2. The molecule has 0 aliphatic carbocycles. The summed E-state index contributed by atoms with van der Waals surface area (Å²) < 4.78 is 5.63. The van der Waals surface area contributed by atoms with E-state index in [0.717, 1.165) is 25.2 Å². The second kappa shape index (κ2) is 6.46. The van der Waals surface area contributed by atoms with Crippen molar-refractivity contribution >= 4 is 0 Å². The Morgan fingerprint density at radius 1 is 1.27 bits per heavy atom. The number of ether oxygens (including phenoxy) is 1. The molecule has 0 aliphatic heterocycles. The monoisotopic (exact) mass is 207 g/mol. The van der Waals surface area contributed by atoms with Gasteiger partial charge in [-0.2, -0.15) is 0 Å². The van der Waals surface area contributed by atoms with E-state index < -0.39 is 0 Å². The van der Waals surface area contributed by atoms with Crippen LogP contribution >= 0.6 is 0 Å². The minimum Gasteiger partial charge on any atom is -0.494 e. The molecule has 0 saturated heterocycles. The molecule has 2 nitrogen and oxygen atoms in total. The van der Waals surface area contributed by atoms with Crippen molar-refractivity contribution in [2.24, 2.45) is 11.7 Å². The normalized spacial score (nSPS) is 14.6. The molecule has 0 aliphatic rings. The minimum atomic E-state index is 0.259. The highest BCUT2D eigenvalue weighted by molar-refractivity contribution is 5.20. The molecule has 0 spiro atoms. The Morgan fingerprint density at radius 3 is 2.47 bits per heavy atom. The van der Waals surface area contributed by atoms with E-state index in [1.807, 2.05) is 30.3 Å². The van der Waals surface area contributed by atoms with Gasteiger partial charge in [0.15, 0.2) is 0 Å². The van der Waals surface area contributed by atoms with Crippen LogP contribution in [-0.2, 0) is 0 Å². The summed E-state index contributed by atoms with van der Waals surface area (Å²) >= 11 is 0. The van der Waals surface area contributed by atoms with E-state index in [1.54, 1.807) is 0 Å². The largest absolute Gasteiger partial charge is 0.494 e. The van der Waals surface area contributed by atoms with Gasteiger partial charge < -0.3 is 10.5 Å². The van der Waals surface area contributed by atoms with E-state index in [-0.39, 0.29) is 6.04 Å². The van der Waals surface area contributed by atoms with Gasteiger partial charge in [-0.3, -0.25) is 0 Å². The van der Waals surface area contributed by atoms with Crippen LogP contribution in [0.1, 0.15) is 26.7 Å². The predicted octanol–water partition coefficient (Wildman–Crippen LogP) is 2.83. The molecule has 0 radical (unpaired) electrons. The lowest BCUT2D eigenvalue weighted by atomic mass is 9.96. The van der Waals surface area contributed by atoms with Crippen LogP contribution < -0.4 is 10.5 Å². The zero-order valence-electron chi connectivity index (χ0n) is 9.65. The zero-order valence-corrected chi connectivity index (χ0v) is 9.65. The first kappa shape index (κ1) is 12.1. The molecule has 2 N–H and O–H groups in total. The van der Waals surface area contributed by atoms with E-state index in [9.17, 15) is 0 Å². The Hall–Kier alpha value is -1.02. The van der Waals surface area contributed by atoms with Crippen LogP contribution in [0.25, 0.3) is 0 Å². The zero-order chi connectivity index (χ0) is 11.1. The Kier molecular flexibility index (Phi) is 5.19. The Morgan fingerprint density at radius 2 is 1.93 bits per heavy atom. The molecule has 0 fully saturated rings. The highest BCUT2D eigenvalue weighted by Gasteiger charge is 2.10. The molecule has 1 aromatic rings. The molecule has 1 aromatic carbocycles. The summed E-state index contributed by atoms with van der Waals surface area (Å²) in [4.78, 5) is 0. The number of hydrogen-bond donors (Lipinski definition) is 1. The van der Waals surface area contributed by atoms with Crippen molar-refractivity contribution in [3.63, 3.8) is 0 Å². The summed E-state index contributed by atoms with van der Waals surface area (Å²) in [5.74, 6) is 1.51. The van der Waals surface area contributed by atoms with Gasteiger partial charge in [-0.1, -0.05) is 31.5 Å². The standard InChI is InChI=1S/C13H21NO/c1-3-12(11(2)14)9-10-15-13-7-5-4-6-8-13/h4-8,11-12H,3,9-10,14H2,1-2H3. The fourth-order valence-electron chi connectivity index (χ4n) is 1.68. The quantitative estimate of drug-likeness (QED) is 0.778. The summed E-state index contributed by atoms with van der Waals surface area (Å²) in [6.07, 6.45) is 2.15. The van der Waals surface area contributed by atoms with Gasteiger partial charge in [0, 0.05) is 6.04 Å². The molecule has 84 valence electrons. The van der Waals surface area contributed by atoms with E-state index in [1.165, 1.54) is 0 Å². The molecule has 2 atom stereocenters. The van der Waals surface area contributed by atoms with Gasteiger partial charge >= 0.3 is 0 Å². The molecule has 1 rings (SSSR count). The van der Waals surface area contributed by atoms with Gasteiger partial charge in [0.2, 0.25) is 0 Å². The van der Waals surface area contributed by atoms with Gasteiger partial charge in [0.05, 0.1) is 6.61 Å². The summed E-state index contributed by atoms with van der Waals surface area (Å²) in [6, 6.07) is 10.2. The second-order valence-corrected chi connectivity index (χ2v) is 3.98. The van der Waals surface area contributed by atoms with Gasteiger partial charge in [0.25, 0.3) is 0 Å². The Bertz CT molecular complexity index is 258. The summed E-state index contributed by atoms with van der Waals surface area (Å²) in [7, 11) is 0. The predicted molar refractivity (Wildman–Crippen MR) is 64.0 cm³/mol. The van der Waals surface area contributed by atoms with Crippen LogP contribution in [0, 0.1) is 5.92 Å². The molecule has 0 amide bonds. The fourth-order valence-corrected chi connectivity index (χ4v) is 1.68. The van der Waals surface area contributed by atoms with Crippen LogP contribution in [-0.4, -0.2) is 12.6 Å². The first-order valence-corrected chi connectivity index (χ1v) is 5.67. The molecule has 15 heavy (non-hydrogen) atoms. The number of benzene rings is 1. The van der Waals surface area contributed by atoms with E-state index in [4.69, 9.17) is 10.5 Å². The van der Waals surface area contributed by atoms with Gasteiger partial charge in [-0.05, 0) is 31.4 Å². The van der Waals surface area contributed by atoms with Gasteiger partial charge in [0.1, 0.15) is 5.75 Å². The molecular formula is C13H21NO. The topological polar surface area (TPSA) is 35.2 Å². The third-order valence-corrected chi connectivity index (χ3v) is 2.77. The molecule has 0 bridgehead atoms. The summed E-state index contributed by atoms with van der Waals surface area (Å²) in [5.41, 5.74) is 5.87. The van der Waals surface area contributed by atoms with Crippen molar-refractivity contribution in [3.05, 3.63) is 30.3 Å². The first-order chi connectivity index (χ1) is 7.24. The van der Waals surface area contributed by atoms with Gasteiger partial charge in [-0.25, -0.2) is 0 Å². The molecule has 2 heteroatoms. The molecule has 0 saturated carbocycles. The molecular weight excluding hydrogens is 186 g/mol. The highest BCUT2D eigenvalue weighted by atomic mass is 16.5. The lowest BCUT2D eigenvalue weighted by Crippen LogP contribution is -2.27. The van der Waals surface area contributed by atoms with Crippen molar-refractivity contribution in [1.29, 1.82) is 0 Å². The van der Waals surface area contributed by atoms with Crippen molar-refractivity contribution in [2.45, 2.75) is 32.7 Å². The maximum atomic E-state index is 5.87. The number of para-hydroxylation sites is 1. The van der Waals surface area contributed by atoms with E-state index >= 15 is 0 Å². The maximum absolute atomic E-state index is 5.87. The SMILES string of the molecule is CCC(CCOc1ccccc1)C(C)N. The average Bonchev–Trinajstić information content (AvgIpc) is 2.25. The Balaban J connectivity index is 2.27. The summed E-state index contributed by atoms with van der Waals surface area (Å²) in [5, 5.41) is 0. The Labute approximate surface area is 92.4 Å². The van der Waals surface area contributed by atoms with E-state index in [0.29, 0.717) is 5.92 Å². The molecule has 0 aromatic heterocycles. The lowest BCUT2D eigenvalue weighted by Gasteiger charge is -2.18. The highest BCUT2D eigenvalue weighted by Crippen LogP contribution is 2.14. The van der Waals surface area contributed by atoms with Crippen molar-refractivity contribution in [1.82, 2.24) is 0 Å². The smallest absolute Gasteiger partial charge is 0.119 e. The first-order valence-electron chi connectivity index (χ1n) is 5.67. The summed E-state index contributed by atoms with van der Waals surface area (Å²) in [6.45, 7) is 5.00. The minimum absolute atomic E-state index is 0.259. The van der Waals surface area contributed by atoms with Crippen LogP contribution in [0.3, 0.4) is 0 Å². The maximum Gasteiger partial charge on any atom is 0.119 e. The van der Waals surface area contributed by atoms with Crippen LogP contribution in [0.15, 0.2) is 30.3 Å². The second-order valence-electron chi connectivity index (χ2n) is 3.98. The van der Waals surface area contributed by atoms with Crippen molar-refractivity contribution in [3.8, 4) is 5.75 Å². The van der Waals surface area contributed by atoms with Gasteiger partial charge in [-0.15, -0.1) is 0 Å². The molecule has 0 heterocycles. The van der Waals surface area contributed by atoms with E-state index in [2.05, 4.69) is 13.8 Å². The number of nitrogens with two attached hydrogens (primary N) is 1. The van der Waals surface area contributed by atoms with Crippen molar-refractivity contribution < 1.29 is 4.74 Å². The fraction of sp³-hybridized carbons (Fsp3) is 0.538. The van der Waals surface area contributed by atoms with Crippen LogP contribution in [0.5, 0.6) is 5.75 Å². The lowest BCUT2D eigenvalue weighted by molar-refractivity contribution is 0.261. The van der Waals surface area contributed by atoms with Crippen LogP contribution in [0.4, 0.5) is 0 Å². The molecule has 2 unspecified atom stereocenters. The van der Waals surface area contributed by atoms with Crippen molar-refractivity contribution in [2.75, 3.05) is 6.61 Å². The third kappa shape index (κ3) is 4.34. The van der Waals surface area contributed by atoms with Crippen LogP contribution in [0.2, 0.25) is 0 Å². The number of rotatable bonds is 6. The third-order valence-electron chi connectivity index (χ3n) is 2.77.